The molecule has 0 radical (unpaired) electrons. The van der Waals surface area contributed by atoms with Gasteiger partial charge in [0.1, 0.15) is 0 Å². The normalized spacial score (nSPS) is 15.4. The number of hydrogen-bond acceptors (Lipinski definition) is 2. The van der Waals surface area contributed by atoms with E-state index >= 15 is 0 Å². The van der Waals surface area contributed by atoms with Gasteiger partial charge in [0.15, 0.2) is 0 Å². The lowest BCUT2D eigenvalue weighted by Crippen LogP contribution is -2.24. The highest BCUT2D eigenvalue weighted by Gasteiger charge is 2.27. The molecule has 0 aliphatic heterocycles. The van der Waals surface area contributed by atoms with Gasteiger partial charge in [0.2, 0.25) is 0 Å². The highest BCUT2D eigenvalue weighted by molar-refractivity contribution is 5.90. The summed E-state index contributed by atoms with van der Waals surface area (Å²) < 4.78 is 0. The number of urea groups is 1. The summed E-state index contributed by atoms with van der Waals surface area (Å²) in [4.78, 5) is 11.4. The fourth-order valence-corrected chi connectivity index (χ4v) is 2.78. The van der Waals surface area contributed by atoms with E-state index in [9.17, 15) is 9.90 Å². The van der Waals surface area contributed by atoms with Crippen LogP contribution in [-0.2, 0) is 0 Å². The molecule has 0 saturated carbocycles. The fourth-order valence-electron chi connectivity index (χ4n) is 2.78. The van der Waals surface area contributed by atoms with Crippen LogP contribution in [0.5, 0.6) is 0 Å². The van der Waals surface area contributed by atoms with Crippen molar-refractivity contribution in [1.29, 1.82) is 0 Å². The molecule has 1 aliphatic carbocycles. The zero-order valence-corrected chi connectivity index (χ0v) is 11.2. The number of rotatable bonds is 2. The maximum Gasteiger partial charge on any atom is 0.318 e. The molecule has 0 bridgehead atoms. The SMILES string of the molecule is CNC(=O)Nc1ccc2c(c1)C(CO)c1ccccc1-2. The number of aliphatic hydroxyl groups excluding tert-OH is 1. The molecular formula is C16H16N2O2. The first-order valence-corrected chi connectivity index (χ1v) is 6.57. The summed E-state index contributed by atoms with van der Waals surface area (Å²) in [7, 11) is 1.58. The second-order valence-electron chi connectivity index (χ2n) is 4.83. The molecule has 0 heterocycles. The number of anilines is 1. The maximum absolute atomic E-state index is 11.4. The first-order chi connectivity index (χ1) is 9.74. The molecular weight excluding hydrogens is 252 g/mol. The first kappa shape index (κ1) is 12.7. The minimum Gasteiger partial charge on any atom is -0.395 e. The van der Waals surface area contributed by atoms with E-state index in [2.05, 4.69) is 16.7 Å². The number of amides is 2. The van der Waals surface area contributed by atoms with Gasteiger partial charge in [0.25, 0.3) is 0 Å². The number of carbonyl (C=O) groups is 1. The molecule has 1 atom stereocenters. The van der Waals surface area contributed by atoms with Crippen LogP contribution in [0.1, 0.15) is 17.0 Å². The van der Waals surface area contributed by atoms with Gasteiger partial charge in [-0.3, -0.25) is 0 Å². The molecule has 2 aromatic rings. The molecule has 3 N–H and O–H groups in total. The van der Waals surface area contributed by atoms with E-state index in [1.165, 1.54) is 0 Å². The van der Waals surface area contributed by atoms with Gasteiger partial charge in [0.05, 0.1) is 6.61 Å². The molecule has 0 aromatic heterocycles. The second-order valence-corrected chi connectivity index (χ2v) is 4.83. The van der Waals surface area contributed by atoms with Crippen molar-refractivity contribution < 1.29 is 9.90 Å². The Kier molecular flexibility index (Phi) is 3.16. The van der Waals surface area contributed by atoms with E-state index in [0.29, 0.717) is 0 Å². The monoisotopic (exact) mass is 268 g/mol. The topological polar surface area (TPSA) is 61.4 Å². The first-order valence-electron chi connectivity index (χ1n) is 6.57. The van der Waals surface area contributed by atoms with Gasteiger partial charge in [-0.15, -0.1) is 0 Å². The van der Waals surface area contributed by atoms with Crippen LogP contribution >= 0.6 is 0 Å². The molecule has 20 heavy (non-hydrogen) atoms. The summed E-state index contributed by atoms with van der Waals surface area (Å²) in [6.07, 6.45) is 0. The van der Waals surface area contributed by atoms with Gasteiger partial charge in [-0.1, -0.05) is 30.3 Å². The number of nitrogens with one attached hydrogen (secondary N) is 2. The van der Waals surface area contributed by atoms with E-state index in [-0.39, 0.29) is 18.6 Å². The van der Waals surface area contributed by atoms with Gasteiger partial charge in [-0.05, 0) is 34.4 Å². The Morgan fingerprint density at radius 2 is 1.90 bits per heavy atom. The molecule has 0 saturated heterocycles. The number of hydrogen-bond donors (Lipinski definition) is 3. The van der Waals surface area contributed by atoms with Crippen molar-refractivity contribution in [2.24, 2.45) is 0 Å². The quantitative estimate of drug-likeness (QED) is 0.784. The molecule has 102 valence electrons. The molecule has 2 aromatic carbocycles. The summed E-state index contributed by atoms with van der Waals surface area (Å²) >= 11 is 0. The van der Waals surface area contributed by atoms with Gasteiger partial charge in [-0.25, -0.2) is 4.79 Å². The van der Waals surface area contributed by atoms with Crippen molar-refractivity contribution in [3.8, 4) is 11.1 Å². The van der Waals surface area contributed by atoms with Gasteiger partial charge >= 0.3 is 6.03 Å². The Bertz CT molecular complexity index is 667. The molecule has 4 nitrogen and oxygen atoms in total. The van der Waals surface area contributed by atoms with E-state index < -0.39 is 0 Å². The predicted molar refractivity (Wildman–Crippen MR) is 78.9 cm³/mol. The van der Waals surface area contributed by atoms with E-state index in [1.807, 2.05) is 36.4 Å². The summed E-state index contributed by atoms with van der Waals surface area (Å²) in [5.41, 5.74) is 5.22. The third kappa shape index (κ3) is 1.94. The summed E-state index contributed by atoms with van der Waals surface area (Å²) in [5, 5.41) is 15.0. The Morgan fingerprint density at radius 1 is 1.15 bits per heavy atom. The lowest BCUT2D eigenvalue weighted by Gasteiger charge is -2.11. The van der Waals surface area contributed by atoms with E-state index in [0.717, 1.165) is 27.9 Å². The van der Waals surface area contributed by atoms with Crippen molar-refractivity contribution in [2.45, 2.75) is 5.92 Å². The van der Waals surface area contributed by atoms with Crippen LogP contribution < -0.4 is 10.6 Å². The molecule has 2 amide bonds. The predicted octanol–water partition coefficient (Wildman–Crippen LogP) is 2.54. The van der Waals surface area contributed by atoms with Crippen molar-refractivity contribution in [3.63, 3.8) is 0 Å². The van der Waals surface area contributed by atoms with Crippen molar-refractivity contribution >= 4 is 11.7 Å². The standard InChI is InChI=1S/C16H16N2O2/c1-17-16(20)18-10-6-7-13-11-4-2-3-5-12(11)15(9-19)14(13)8-10/h2-8,15,19H,9H2,1H3,(H2,17,18,20). The molecule has 0 fully saturated rings. The van der Waals surface area contributed by atoms with E-state index in [4.69, 9.17) is 0 Å². The maximum atomic E-state index is 11.4. The number of carbonyl (C=O) groups excluding carboxylic acids is 1. The summed E-state index contributed by atoms with van der Waals surface area (Å²) in [6, 6.07) is 13.7. The van der Waals surface area contributed by atoms with Crippen molar-refractivity contribution in [2.75, 3.05) is 19.0 Å². The highest BCUT2D eigenvalue weighted by atomic mass is 16.3. The van der Waals surface area contributed by atoms with Crippen molar-refractivity contribution in [3.05, 3.63) is 53.6 Å². The third-order valence-corrected chi connectivity index (χ3v) is 3.72. The Labute approximate surface area is 117 Å². The fraction of sp³-hybridized carbons (Fsp3) is 0.188. The van der Waals surface area contributed by atoms with Crippen molar-refractivity contribution in [1.82, 2.24) is 5.32 Å². The Hall–Kier alpha value is -2.33. The van der Waals surface area contributed by atoms with Gasteiger partial charge in [-0.2, -0.15) is 0 Å². The zero-order chi connectivity index (χ0) is 14.1. The van der Waals surface area contributed by atoms with Crippen LogP contribution in [0.25, 0.3) is 11.1 Å². The molecule has 1 unspecified atom stereocenters. The van der Waals surface area contributed by atoms with Crippen LogP contribution in [-0.4, -0.2) is 24.8 Å². The van der Waals surface area contributed by atoms with Crippen LogP contribution in [0.3, 0.4) is 0 Å². The lowest BCUT2D eigenvalue weighted by molar-refractivity contribution is 0.254. The molecule has 0 spiro atoms. The number of benzene rings is 2. The largest absolute Gasteiger partial charge is 0.395 e. The smallest absolute Gasteiger partial charge is 0.318 e. The number of fused-ring (bicyclic) bond motifs is 3. The molecule has 3 rings (SSSR count). The van der Waals surface area contributed by atoms with Gasteiger partial charge in [0, 0.05) is 18.7 Å². The molecule has 1 aliphatic rings. The highest BCUT2D eigenvalue weighted by Crippen LogP contribution is 2.45. The minimum atomic E-state index is -0.249. The minimum absolute atomic E-state index is 0.0207. The van der Waals surface area contributed by atoms with Crippen LogP contribution in [0.15, 0.2) is 42.5 Å². The summed E-state index contributed by atoms with van der Waals surface area (Å²) in [5.74, 6) is -0.0207. The zero-order valence-electron chi connectivity index (χ0n) is 11.2. The average Bonchev–Trinajstić information content (AvgIpc) is 2.80. The van der Waals surface area contributed by atoms with Crippen LogP contribution in [0, 0.1) is 0 Å². The number of aliphatic hydroxyl groups is 1. The van der Waals surface area contributed by atoms with Crippen LogP contribution in [0.2, 0.25) is 0 Å². The summed E-state index contributed by atoms with van der Waals surface area (Å²) in [6.45, 7) is 0.0629. The average molecular weight is 268 g/mol. The third-order valence-electron chi connectivity index (χ3n) is 3.72. The Morgan fingerprint density at radius 3 is 2.65 bits per heavy atom. The van der Waals surface area contributed by atoms with Gasteiger partial charge < -0.3 is 15.7 Å². The Balaban J connectivity index is 2.05. The second kappa shape index (κ2) is 4.98. The lowest BCUT2D eigenvalue weighted by atomic mass is 9.98. The molecule has 4 heteroatoms. The van der Waals surface area contributed by atoms with Crippen LogP contribution in [0.4, 0.5) is 10.5 Å². The van der Waals surface area contributed by atoms with E-state index in [1.54, 1.807) is 7.05 Å².